The smallest absolute Gasteiger partial charge is 0.212 e. The van der Waals surface area contributed by atoms with E-state index >= 15 is 0 Å². The van der Waals surface area contributed by atoms with Crippen molar-refractivity contribution in [3.63, 3.8) is 0 Å². The second-order valence-electron chi connectivity index (χ2n) is 6.06. The van der Waals surface area contributed by atoms with Crippen molar-refractivity contribution in [3.8, 4) is 0 Å². The van der Waals surface area contributed by atoms with Crippen molar-refractivity contribution in [1.82, 2.24) is 4.72 Å². The standard InChI is InChI=1S/C13H20BrNO3S/c1-4-7-15-19(17,18)8-13(3)9-5-6-12(13,2)11(16)10(9)14/h4,9-10,15H,1,5-8H2,2-3H3/t9-,10+,12+,13-/m1/s1. The summed E-state index contributed by atoms with van der Waals surface area (Å²) in [4.78, 5) is 12.1. The maximum atomic E-state index is 12.3. The van der Waals surface area contributed by atoms with E-state index in [1.807, 2.05) is 13.8 Å². The first-order valence-electron chi connectivity index (χ1n) is 6.44. The molecule has 1 N–H and O–H groups in total. The summed E-state index contributed by atoms with van der Waals surface area (Å²) < 4.78 is 26.8. The summed E-state index contributed by atoms with van der Waals surface area (Å²) >= 11 is 3.45. The van der Waals surface area contributed by atoms with Gasteiger partial charge in [-0.2, -0.15) is 0 Å². The van der Waals surface area contributed by atoms with Gasteiger partial charge < -0.3 is 0 Å². The number of ketones is 1. The van der Waals surface area contributed by atoms with E-state index in [2.05, 4.69) is 27.2 Å². The normalized spacial score (nSPS) is 41.7. The molecule has 0 spiro atoms. The van der Waals surface area contributed by atoms with Gasteiger partial charge in [-0.25, -0.2) is 13.1 Å². The quantitative estimate of drug-likeness (QED) is 0.608. The van der Waals surface area contributed by atoms with E-state index in [0.29, 0.717) is 0 Å². The second-order valence-corrected chi connectivity index (χ2v) is 8.85. The van der Waals surface area contributed by atoms with Crippen LogP contribution in [0, 0.1) is 16.7 Å². The van der Waals surface area contributed by atoms with E-state index in [9.17, 15) is 13.2 Å². The predicted molar refractivity (Wildman–Crippen MR) is 78.6 cm³/mol. The first-order chi connectivity index (χ1) is 8.68. The SMILES string of the molecule is C=CCNS(=O)(=O)C[C@]1(C)[C@@H]2CC[C@@]1(C)C(=O)[C@H]2Br. The summed E-state index contributed by atoms with van der Waals surface area (Å²) in [6, 6.07) is 0. The zero-order chi connectivity index (χ0) is 14.5. The summed E-state index contributed by atoms with van der Waals surface area (Å²) in [6.07, 6.45) is 3.21. The summed E-state index contributed by atoms with van der Waals surface area (Å²) in [5.74, 6) is 0.263. The second kappa shape index (κ2) is 4.67. The lowest BCUT2D eigenvalue weighted by atomic mass is 9.70. The Morgan fingerprint density at radius 3 is 2.63 bits per heavy atom. The fraction of sp³-hybridized carbons (Fsp3) is 0.769. The van der Waals surface area contributed by atoms with Crippen LogP contribution in [0.4, 0.5) is 0 Å². The number of carbonyl (C=O) groups is 1. The molecule has 0 aromatic heterocycles. The average molecular weight is 350 g/mol. The minimum atomic E-state index is -3.39. The van der Waals surface area contributed by atoms with Crippen molar-refractivity contribution in [3.05, 3.63) is 12.7 Å². The minimum absolute atomic E-state index is 0.00282. The first kappa shape index (κ1) is 15.2. The van der Waals surface area contributed by atoms with Gasteiger partial charge in [0.1, 0.15) is 0 Å². The van der Waals surface area contributed by atoms with Crippen LogP contribution in [-0.2, 0) is 14.8 Å². The highest BCUT2D eigenvalue weighted by Gasteiger charge is 2.68. The van der Waals surface area contributed by atoms with Gasteiger partial charge in [-0.1, -0.05) is 35.9 Å². The molecule has 108 valence electrons. The maximum absolute atomic E-state index is 12.3. The van der Waals surface area contributed by atoms with Crippen LogP contribution >= 0.6 is 15.9 Å². The molecule has 0 aromatic rings. The molecule has 0 heterocycles. The molecule has 0 radical (unpaired) electrons. The van der Waals surface area contributed by atoms with Crippen molar-refractivity contribution >= 4 is 31.7 Å². The van der Waals surface area contributed by atoms with E-state index < -0.39 is 20.9 Å². The number of rotatable bonds is 5. The van der Waals surface area contributed by atoms with Gasteiger partial charge in [0.25, 0.3) is 0 Å². The Labute approximate surface area is 123 Å². The number of nitrogens with one attached hydrogen (secondary N) is 1. The van der Waals surface area contributed by atoms with Crippen molar-refractivity contribution in [2.75, 3.05) is 12.3 Å². The molecular formula is C13H20BrNO3S. The molecule has 4 atom stereocenters. The minimum Gasteiger partial charge on any atom is -0.298 e. The fourth-order valence-corrected chi connectivity index (χ4v) is 6.87. The molecule has 0 aromatic carbocycles. The highest BCUT2D eigenvalue weighted by molar-refractivity contribution is 9.10. The predicted octanol–water partition coefficient (Wildman–Crippen LogP) is 1.86. The van der Waals surface area contributed by atoms with Crippen molar-refractivity contribution < 1.29 is 13.2 Å². The number of fused-ring (bicyclic) bond motifs is 2. The fourth-order valence-electron chi connectivity index (χ4n) is 3.72. The van der Waals surface area contributed by atoms with Crippen LogP contribution < -0.4 is 4.72 Å². The number of sulfonamides is 1. The van der Waals surface area contributed by atoms with Gasteiger partial charge in [0.15, 0.2) is 5.78 Å². The molecule has 0 aliphatic heterocycles. The summed E-state index contributed by atoms with van der Waals surface area (Å²) in [7, 11) is -3.39. The van der Waals surface area contributed by atoms with Crippen LogP contribution in [0.2, 0.25) is 0 Å². The van der Waals surface area contributed by atoms with Gasteiger partial charge >= 0.3 is 0 Å². The van der Waals surface area contributed by atoms with Gasteiger partial charge in [-0.15, -0.1) is 6.58 Å². The summed E-state index contributed by atoms with van der Waals surface area (Å²) in [5, 5.41) is 0. The molecule has 2 aliphatic rings. The van der Waals surface area contributed by atoms with Crippen LogP contribution in [0.25, 0.3) is 0 Å². The largest absolute Gasteiger partial charge is 0.298 e. The third-order valence-corrected chi connectivity index (χ3v) is 7.76. The van der Waals surface area contributed by atoms with Gasteiger partial charge in [-0.3, -0.25) is 4.79 Å². The zero-order valence-electron chi connectivity index (χ0n) is 11.3. The molecule has 0 amide bonds. The number of carbonyl (C=O) groups excluding carboxylic acids is 1. The van der Waals surface area contributed by atoms with Crippen molar-refractivity contribution in [2.24, 2.45) is 16.7 Å². The number of hydrogen-bond donors (Lipinski definition) is 1. The Bertz CT molecular complexity index is 518. The molecule has 6 heteroatoms. The molecule has 2 rings (SSSR count). The van der Waals surface area contributed by atoms with E-state index in [-0.39, 0.29) is 28.8 Å². The Morgan fingerprint density at radius 1 is 1.53 bits per heavy atom. The van der Waals surface area contributed by atoms with E-state index in [1.54, 1.807) is 0 Å². The average Bonchev–Trinajstić information content (AvgIpc) is 2.63. The molecule has 2 aliphatic carbocycles. The first-order valence-corrected chi connectivity index (χ1v) is 9.01. The van der Waals surface area contributed by atoms with Gasteiger partial charge in [0.05, 0.1) is 10.6 Å². The Hall–Kier alpha value is -0.200. The lowest BCUT2D eigenvalue weighted by molar-refractivity contribution is -0.127. The van der Waals surface area contributed by atoms with Crippen LogP contribution in [0.1, 0.15) is 26.7 Å². The van der Waals surface area contributed by atoms with Crippen LogP contribution in [0.15, 0.2) is 12.7 Å². The Kier molecular flexibility index (Phi) is 3.73. The van der Waals surface area contributed by atoms with Crippen molar-refractivity contribution in [1.29, 1.82) is 0 Å². The molecule has 2 saturated carbocycles. The number of Topliss-reactive ketones (excluding diaryl/α,β-unsaturated/α-hetero) is 1. The number of alkyl halides is 1. The lowest BCUT2D eigenvalue weighted by Gasteiger charge is -2.36. The third kappa shape index (κ3) is 2.12. The summed E-state index contributed by atoms with van der Waals surface area (Å²) in [5.41, 5.74) is -1.03. The Balaban J connectivity index is 2.29. The molecule has 4 nitrogen and oxygen atoms in total. The monoisotopic (exact) mass is 349 g/mol. The number of halogens is 1. The van der Waals surface area contributed by atoms with E-state index in [1.165, 1.54) is 6.08 Å². The van der Waals surface area contributed by atoms with Gasteiger partial charge in [0.2, 0.25) is 10.0 Å². The highest BCUT2D eigenvalue weighted by atomic mass is 79.9. The van der Waals surface area contributed by atoms with Gasteiger partial charge in [0, 0.05) is 12.0 Å². The number of hydrogen-bond acceptors (Lipinski definition) is 3. The summed E-state index contributed by atoms with van der Waals surface area (Å²) in [6.45, 7) is 7.59. The van der Waals surface area contributed by atoms with E-state index in [4.69, 9.17) is 0 Å². The third-order valence-electron chi connectivity index (χ3n) is 5.12. The van der Waals surface area contributed by atoms with Gasteiger partial charge in [-0.05, 0) is 24.2 Å². The molecule has 2 bridgehead atoms. The topological polar surface area (TPSA) is 63.2 Å². The lowest BCUT2D eigenvalue weighted by Crippen LogP contribution is -2.43. The molecule has 0 saturated heterocycles. The van der Waals surface area contributed by atoms with Crippen LogP contribution in [-0.4, -0.2) is 31.3 Å². The van der Waals surface area contributed by atoms with E-state index in [0.717, 1.165) is 12.8 Å². The van der Waals surface area contributed by atoms with Crippen molar-refractivity contribution in [2.45, 2.75) is 31.5 Å². The Morgan fingerprint density at radius 2 is 2.16 bits per heavy atom. The molecule has 2 fully saturated rings. The highest BCUT2D eigenvalue weighted by Crippen LogP contribution is 2.65. The molecule has 19 heavy (non-hydrogen) atoms. The maximum Gasteiger partial charge on any atom is 0.212 e. The zero-order valence-corrected chi connectivity index (χ0v) is 13.7. The molecule has 0 unspecified atom stereocenters. The molecular weight excluding hydrogens is 330 g/mol. The van der Waals surface area contributed by atoms with Crippen LogP contribution in [0.5, 0.6) is 0 Å². The van der Waals surface area contributed by atoms with Crippen LogP contribution in [0.3, 0.4) is 0 Å².